The normalized spacial score (nSPS) is 11.0. The first-order valence-electron chi connectivity index (χ1n) is 10.5. The molecule has 0 saturated carbocycles. The molecular weight excluding hydrogens is 452 g/mol. The topological polar surface area (TPSA) is 129 Å². The number of nitrogens with one attached hydrogen (secondary N) is 1. The smallest absolute Gasteiger partial charge is 0.260 e. The predicted molar refractivity (Wildman–Crippen MR) is 130 cm³/mol. The Labute approximate surface area is 201 Å². The first-order chi connectivity index (χ1) is 17.0. The van der Waals surface area contributed by atoms with E-state index < -0.39 is 5.91 Å². The highest BCUT2D eigenvalue weighted by molar-refractivity contribution is 5.85. The number of methoxy groups -OCH3 is 3. The second-order valence-corrected chi connectivity index (χ2v) is 7.33. The molecule has 0 atom stereocenters. The van der Waals surface area contributed by atoms with Gasteiger partial charge in [0.15, 0.2) is 12.0 Å². The Hall–Kier alpha value is -4.74. The Balaban J connectivity index is 1.77. The van der Waals surface area contributed by atoms with Crippen LogP contribution in [0.15, 0.2) is 54.0 Å². The summed E-state index contributed by atoms with van der Waals surface area (Å²) in [5.74, 6) is 1.19. The zero-order chi connectivity index (χ0) is 24.8. The molecule has 3 heterocycles. The number of amides is 1. The van der Waals surface area contributed by atoms with E-state index in [4.69, 9.17) is 19.2 Å². The van der Waals surface area contributed by atoms with Crippen molar-refractivity contribution in [2.45, 2.75) is 0 Å². The van der Waals surface area contributed by atoms with Gasteiger partial charge in [-0.1, -0.05) is 0 Å². The van der Waals surface area contributed by atoms with Gasteiger partial charge in [-0.25, -0.2) is 15.4 Å². The highest BCUT2D eigenvalue weighted by Crippen LogP contribution is 2.32. The maximum atomic E-state index is 12.6. The summed E-state index contributed by atoms with van der Waals surface area (Å²) in [5.41, 5.74) is 5.52. The van der Waals surface area contributed by atoms with Crippen molar-refractivity contribution in [3.05, 3.63) is 48.9 Å². The third-order valence-electron chi connectivity index (χ3n) is 4.97. The fraction of sp³-hybridized carbons (Fsp3) is 0.217. The predicted octanol–water partition coefficient (Wildman–Crippen LogP) is 2.29. The van der Waals surface area contributed by atoms with Gasteiger partial charge < -0.3 is 19.1 Å². The lowest BCUT2D eigenvalue weighted by Crippen LogP contribution is -2.33. The van der Waals surface area contributed by atoms with Gasteiger partial charge in [-0.05, 0) is 12.1 Å². The molecule has 12 heteroatoms. The van der Waals surface area contributed by atoms with Crippen LogP contribution in [-0.4, -0.2) is 64.9 Å². The lowest BCUT2D eigenvalue weighted by atomic mass is 10.2. The maximum Gasteiger partial charge on any atom is 0.260 e. The van der Waals surface area contributed by atoms with Gasteiger partial charge in [0, 0.05) is 37.0 Å². The van der Waals surface area contributed by atoms with Gasteiger partial charge in [0.1, 0.15) is 29.4 Å². The van der Waals surface area contributed by atoms with E-state index in [9.17, 15) is 4.79 Å². The number of fused-ring (bicyclic) bond motifs is 1. The van der Waals surface area contributed by atoms with Gasteiger partial charge in [0.05, 0.1) is 45.1 Å². The summed E-state index contributed by atoms with van der Waals surface area (Å²) in [5, 5.41) is 7.91. The summed E-state index contributed by atoms with van der Waals surface area (Å²) in [6.07, 6.45) is 6.35. The number of pyridine rings is 1. The Morgan fingerprint density at radius 3 is 2.54 bits per heavy atom. The number of benzene rings is 1. The molecule has 1 aromatic carbocycles. The van der Waals surface area contributed by atoms with Crippen LogP contribution in [0.1, 0.15) is 0 Å². The number of hydrogen-bond acceptors (Lipinski definition) is 10. The monoisotopic (exact) mass is 476 g/mol. The molecular formula is C23H24N8O4. The average molecular weight is 476 g/mol. The second-order valence-electron chi connectivity index (χ2n) is 7.33. The number of carbonyl (C=O) groups is 1. The Morgan fingerprint density at radius 2 is 1.89 bits per heavy atom. The summed E-state index contributed by atoms with van der Waals surface area (Å²) < 4.78 is 17.2. The van der Waals surface area contributed by atoms with Gasteiger partial charge in [0.2, 0.25) is 0 Å². The zero-order valence-corrected chi connectivity index (χ0v) is 19.7. The van der Waals surface area contributed by atoms with Crippen LogP contribution in [0.2, 0.25) is 0 Å². The van der Waals surface area contributed by atoms with E-state index in [1.165, 1.54) is 7.11 Å². The van der Waals surface area contributed by atoms with Crippen molar-refractivity contribution in [1.82, 2.24) is 30.2 Å². The van der Waals surface area contributed by atoms with Crippen molar-refractivity contribution < 1.29 is 19.0 Å². The molecule has 35 heavy (non-hydrogen) atoms. The maximum absolute atomic E-state index is 12.6. The van der Waals surface area contributed by atoms with Crippen molar-refractivity contribution >= 4 is 35.0 Å². The van der Waals surface area contributed by atoms with E-state index in [1.54, 1.807) is 66.5 Å². The Morgan fingerprint density at radius 1 is 1.11 bits per heavy atom. The summed E-state index contributed by atoms with van der Waals surface area (Å²) in [7, 11) is 6.37. The van der Waals surface area contributed by atoms with Crippen LogP contribution >= 0.6 is 0 Å². The van der Waals surface area contributed by atoms with E-state index in [2.05, 4.69) is 25.6 Å². The van der Waals surface area contributed by atoms with Gasteiger partial charge in [-0.3, -0.25) is 14.5 Å². The van der Waals surface area contributed by atoms with Crippen molar-refractivity contribution in [3.8, 4) is 22.8 Å². The summed E-state index contributed by atoms with van der Waals surface area (Å²) in [4.78, 5) is 28.2. The van der Waals surface area contributed by atoms with E-state index in [0.29, 0.717) is 39.9 Å². The number of hydrogen-bond donors (Lipinski definition) is 1. The van der Waals surface area contributed by atoms with Crippen molar-refractivity contribution in [2.75, 3.05) is 32.8 Å². The lowest BCUT2D eigenvalue weighted by molar-refractivity contribution is -0.119. The quantitative estimate of drug-likeness (QED) is 0.220. The zero-order valence-electron chi connectivity index (χ0n) is 19.7. The molecule has 0 aliphatic heterocycles. The fourth-order valence-corrected chi connectivity index (χ4v) is 3.31. The third kappa shape index (κ3) is 5.43. The molecule has 1 N–H and O–H groups in total. The largest absolute Gasteiger partial charge is 0.497 e. The van der Waals surface area contributed by atoms with Crippen LogP contribution in [0, 0.1) is 0 Å². The van der Waals surface area contributed by atoms with Crippen molar-refractivity contribution in [2.24, 2.45) is 12.1 Å². The van der Waals surface area contributed by atoms with Crippen LogP contribution < -0.4 is 19.8 Å². The van der Waals surface area contributed by atoms with Gasteiger partial charge in [-0.2, -0.15) is 5.10 Å². The standard InChI is InChI=1S/C23H24N8O4/c1-30-12-15(10-26-30)20-11-24-19-5-6-21(28-23(19)27-20)31(13-22(32)29-25-14-33-2)16-7-17(34-3)9-18(8-16)35-4/h5-12,14H,13H2,1-4H3,(H,29,32). The molecule has 0 saturated heterocycles. The molecule has 0 fully saturated rings. The Kier molecular flexibility index (Phi) is 7.00. The molecule has 0 aliphatic rings. The Bertz CT molecular complexity index is 1350. The number of ether oxygens (including phenoxy) is 3. The number of rotatable bonds is 9. The summed E-state index contributed by atoms with van der Waals surface area (Å²) in [6, 6.07) is 8.85. The minimum absolute atomic E-state index is 0.106. The number of nitrogens with zero attached hydrogens (tertiary/aromatic N) is 7. The molecule has 12 nitrogen and oxygen atoms in total. The highest BCUT2D eigenvalue weighted by Gasteiger charge is 2.18. The molecule has 3 aromatic heterocycles. The number of aryl methyl sites for hydroxylation is 1. The van der Waals surface area contributed by atoms with Crippen LogP contribution in [0.4, 0.5) is 11.5 Å². The molecule has 0 spiro atoms. The van der Waals surface area contributed by atoms with Crippen molar-refractivity contribution in [3.63, 3.8) is 0 Å². The van der Waals surface area contributed by atoms with Crippen LogP contribution in [0.5, 0.6) is 11.5 Å². The minimum Gasteiger partial charge on any atom is -0.497 e. The average Bonchev–Trinajstić information content (AvgIpc) is 3.32. The van der Waals surface area contributed by atoms with E-state index in [0.717, 1.165) is 12.0 Å². The van der Waals surface area contributed by atoms with E-state index >= 15 is 0 Å². The number of carbonyl (C=O) groups excluding carboxylic acids is 1. The van der Waals surface area contributed by atoms with Gasteiger partial charge >= 0.3 is 0 Å². The molecule has 0 unspecified atom stereocenters. The number of anilines is 2. The number of aromatic nitrogens is 5. The molecule has 0 radical (unpaired) electrons. The van der Waals surface area contributed by atoms with E-state index in [-0.39, 0.29) is 6.54 Å². The highest BCUT2D eigenvalue weighted by atomic mass is 16.5. The molecule has 1 amide bonds. The molecule has 4 aromatic rings. The molecule has 180 valence electrons. The van der Waals surface area contributed by atoms with Crippen molar-refractivity contribution in [1.29, 1.82) is 0 Å². The molecule has 0 aliphatic carbocycles. The SMILES string of the molecule is COC=NNC(=O)CN(c1cc(OC)cc(OC)c1)c1ccc2ncc(-c3cnn(C)c3)nc2n1. The second kappa shape index (κ2) is 10.5. The first kappa shape index (κ1) is 23.4. The molecule has 4 rings (SSSR count). The first-order valence-corrected chi connectivity index (χ1v) is 10.5. The van der Waals surface area contributed by atoms with Crippen LogP contribution in [0.3, 0.4) is 0 Å². The molecule has 0 bridgehead atoms. The summed E-state index contributed by atoms with van der Waals surface area (Å²) >= 11 is 0. The van der Waals surface area contributed by atoms with Crippen LogP contribution in [0.25, 0.3) is 22.4 Å². The van der Waals surface area contributed by atoms with Gasteiger partial charge in [0.25, 0.3) is 5.91 Å². The minimum atomic E-state index is -0.392. The fourth-order valence-electron chi connectivity index (χ4n) is 3.31. The lowest BCUT2D eigenvalue weighted by Gasteiger charge is -2.24. The third-order valence-corrected chi connectivity index (χ3v) is 4.97. The summed E-state index contributed by atoms with van der Waals surface area (Å²) in [6.45, 7) is -0.106. The number of hydrazone groups is 1. The van der Waals surface area contributed by atoms with Crippen LogP contribution in [-0.2, 0) is 16.6 Å². The van der Waals surface area contributed by atoms with E-state index in [1.807, 2.05) is 13.2 Å². The van der Waals surface area contributed by atoms with Gasteiger partial charge in [-0.15, -0.1) is 5.10 Å².